The van der Waals surface area contributed by atoms with E-state index >= 15 is 0 Å². The number of piperazine rings is 1. The Kier molecular flexibility index (Phi) is 6.58. The average molecular weight is 531 g/mol. The Morgan fingerprint density at radius 3 is 2.62 bits per heavy atom. The number of H-pyrrole nitrogens is 1. The lowest BCUT2D eigenvalue weighted by Gasteiger charge is -2.39. The fraction of sp³-hybridized carbons (Fsp3) is 0.464. The van der Waals surface area contributed by atoms with Gasteiger partial charge in [0.1, 0.15) is 5.82 Å². The maximum atomic E-state index is 13.6. The van der Waals surface area contributed by atoms with Gasteiger partial charge in [-0.3, -0.25) is 19.3 Å². The summed E-state index contributed by atoms with van der Waals surface area (Å²) in [5.74, 6) is 0.806. The van der Waals surface area contributed by atoms with Crippen LogP contribution in [-0.4, -0.2) is 87.2 Å². The van der Waals surface area contributed by atoms with E-state index in [1.807, 2.05) is 17.2 Å². The van der Waals surface area contributed by atoms with E-state index < -0.39 is 0 Å². The molecule has 3 aromatic rings. The summed E-state index contributed by atoms with van der Waals surface area (Å²) < 4.78 is 1.78. The minimum Gasteiger partial charge on any atom is -0.365 e. The highest BCUT2D eigenvalue weighted by Crippen LogP contribution is 2.35. The van der Waals surface area contributed by atoms with Crippen molar-refractivity contribution in [2.45, 2.75) is 39.3 Å². The van der Waals surface area contributed by atoms with Crippen molar-refractivity contribution >= 4 is 34.2 Å². The molecule has 3 aliphatic heterocycles. The van der Waals surface area contributed by atoms with Crippen LogP contribution in [0, 0.1) is 6.92 Å². The lowest BCUT2D eigenvalue weighted by atomic mass is 10.0. The number of nitrogens with zero attached hydrogens (tertiary/aromatic N) is 7. The summed E-state index contributed by atoms with van der Waals surface area (Å²) in [6, 6.07) is 4.14. The van der Waals surface area contributed by atoms with Crippen molar-refractivity contribution in [3.8, 4) is 0 Å². The molecule has 1 N–H and O–H groups in total. The molecule has 0 bridgehead atoms. The molecule has 2 amide bonds. The summed E-state index contributed by atoms with van der Waals surface area (Å²) in [7, 11) is 0. The molecular weight excluding hydrogens is 496 g/mol. The van der Waals surface area contributed by atoms with Crippen molar-refractivity contribution in [3.05, 3.63) is 58.3 Å². The molecule has 39 heavy (non-hydrogen) atoms. The fourth-order valence-corrected chi connectivity index (χ4v) is 6.21. The number of likely N-dealkylation sites (tertiary alicyclic amines) is 1. The van der Waals surface area contributed by atoms with Crippen LogP contribution >= 0.6 is 0 Å². The van der Waals surface area contributed by atoms with Gasteiger partial charge in [-0.1, -0.05) is 12.6 Å². The largest absolute Gasteiger partial charge is 0.365 e. The summed E-state index contributed by atoms with van der Waals surface area (Å²) in [4.78, 5) is 50.6. The molecule has 0 spiro atoms. The van der Waals surface area contributed by atoms with Gasteiger partial charge in [0.25, 0.3) is 0 Å². The third-order valence-corrected chi connectivity index (χ3v) is 8.29. The quantitative estimate of drug-likeness (QED) is 0.480. The van der Waals surface area contributed by atoms with Crippen molar-refractivity contribution in [2.24, 2.45) is 0 Å². The Hall–Kier alpha value is -4.15. The van der Waals surface area contributed by atoms with E-state index in [0.717, 1.165) is 65.2 Å². The van der Waals surface area contributed by atoms with Gasteiger partial charge >= 0.3 is 5.69 Å². The first-order chi connectivity index (χ1) is 18.9. The van der Waals surface area contributed by atoms with E-state index in [-0.39, 0.29) is 17.5 Å². The number of carbonyl (C=O) groups is 2. The number of carbonyl (C=O) groups excluding carboxylic acids is 2. The number of rotatable bonds is 6. The number of aromatic nitrogens is 4. The number of hydrogen-bond acceptors (Lipinski definition) is 7. The van der Waals surface area contributed by atoms with Gasteiger partial charge in [-0.05, 0) is 37.5 Å². The second-order valence-corrected chi connectivity index (χ2v) is 10.5. The number of benzene rings is 1. The third kappa shape index (κ3) is 4.55. The van der Waals surface area contributed by atoms with Crippen LogP contribution < -0.4 is 15.5 Å². The zero-order chi connectivity index (χ0) is 27.1. The van der Waals surface area contributed by atoms with E-state index in [0.29, 0.717) is 52.2 Å². The molecule has 0 radical (unpaired) electrons. The number of aryl methyl sites for hydroxylation is 1. The number of hydrogen-bond donors (Lipinski definition) is 1. The first kappa shape index (κ1) is 25.1. The maximum absolute atomic E-state index is 13.6. The topological polar surface area (TPSA) is 111 Å². The highest BCUT2D eigenvalue weighted by Gasteiger charge is 2.30. The summed E-state index contributed by atoms with van der Waals surface area (Å²) in [5.41, 5.74) is 5.00. The molecule has 204 valence electrons. The second-order valence-electron chi connectivity index (χ2n) is 10.5. The van der Waals surface area contributed by atoms with Crippen molar-refractivity contribution in [1.29, 1.82) is 0 Å². The van der Waals surface area contributed by atoms with Crippen molar-refractivity contribution < 1.29 is 9.59 Å². The number of amides is 2. The first-order valence-corrected chi connectivity index (χ1v) is 13.7. The van der Waals surface area contributed by atoms with Crippen LogP contribution in [0.4, 0.5) is 11.5 Å². The van der Waals surface area contributed by atoms with Crippen LogP contribution in [0.2, 0.25) is 0 Å². The molecule has 0 unspecified atom stereocenters. The van der Waals surface area contributed by atoms with Crippen molar-refractivity contribution in [2.75, 3.05) is 55.6 Å². The van der Waals surface area contributed by atoms with Gasteiger partial charge in [-0.15, -0.1) is 0 Å². The molecule has 2 fully saturated rings. The molecule has 5 heterocycles. The predicted molar refractivity (Wildman–Crippen MR) is 149 cm³/mol. The van der Waals surface area contributed by atoms with Gasteiger partial charge in [0, 0.05) is 75.4 Å². The smallest absolute Gasteiger partial charge is 0.349 e. The number of fused-ring (bicyclic) bond motifs is 2. The maximum Gasteiger partial charge on any atom is 0.349 e. The van der Waals surface area contributed by atoms with Crippen LogP contribution in [0.5, 0.6) is 0 Å². The lowest BCUT2D eigenvalue weighted by Crippen LogP contribution is -2.50. The molecule has 0 saturated carbocycles. The van der Waals surface area contributed by atoms with Gasteiger partial charge in [-0.25, -0.2) is 4.79 Å². The van der Waals surface area contributed by atoms with Crippen molar-refractivity contribution in [1.82, 2.24) is 29.5 Å². The highest BCUT2D eigenvalue weighted by molar-refractivity contribution is 5.93. The van der Waals surface area contributed by atoms with E-state index in [4.69, 9.17) is 0 Å². The third-order valence-electron chi connectivity index (χ3n) is 8.29. The SMILES string of the molecule is C=CC(=O)N1CCN(c2nc(=O)n(CCN3CCCC3=O)c3c2CCN(c2c(C)ccc4[nH]ncc24)C3)CC1. The second kappa shape index (κ2) is 10.2. The van der Waals surface area contributed by atoms with E-state index in [1.54, 1.807) is 9.47 Å². The molecule has 6 rings (SSSR count). The van der Waals surface area contributed by atoms with Gasteiger partial charge in [-0.2, -0.15) is 10.1 Å². The predicted octanol–water partition coefficient (Wildman–Crippen LogP) is 1.45. The summed E-state index contributed by atoms with van der Waals surface area (Å²) in [6.07, 6.45) is 5.39. The van der Waals surface area contributed by atoms with Gasteiger partial charge in [0.2, 0.25) is 11.8 Å². The molecule has 11 nitrogen and oxygen atoms in total. The highest BCUT2D eigenvalue weighted by atomic mass is 16.2. The monoisotopic (exact) mass is 530 g/mol. The normalized spacial score (nSPS) is 17.7. The van der Waals surface area contributed by atoms with Crippen LogP contribution in [0.3, 0.4) is 0 Å². The Balaban J connectivity index is 1.36. The molecule has 3 aliphatic rings. The molecule has 11 heteroatoms. The lowest BCUT2D eigenvalue weighted by molar-refractivity contribution is -0.128. The van der Waals surface area contributed by atoms with Gasteiger partial charge in [0.15, 0.2) is 0 Å². The Bertz CT molecular complexity index is 1500. The van der Waals surface area contributed by atoms with E-state index in [1.165, 1.54) is 6.08 Å². The first-order valence-electron chi connectivity index (χ1n) is 13.7. The average Bonchev–Trinajstić information content (AvgIpc) is 3.60. The van der Waals surface area contributed by atoms with Gasteiger partial charge < -0.3 is 19.6 Å². The van der Waals surface area contributed by atoms with Crippen LogP contribution in [0.15, 0.2) is 35.8 Å². The summed E-state index contributed by atoms with van der Waals surface area (Å²) in [5, 5.41) is 8.39. The number of nitrogens with one attached hydrogen (secondary N) is 1. The van der Waals surface area contributed by atoms with Gasteiger partial charge in [0.05, 0.1) is 23.9 Å². The molecule has 2 saturated heterocycles. The fourth-order valence-electron chi connectivity index (χ4n) is 6.21. The Morgan fingerprint density at radius 1 is 1.05 bits per heavy atom. The van der Waals surface area contributed by atoms with E-state index in [9.17, 15) is 14.4 Å². The minimum atomic E-state index is -0.292. The Morgan fingerprint density at radius 2 is 1.87 bits per heavy atom. The van der Waals surface area contributed by atoms with Crippen LogP contribution in [-0.2, 0) is 29.1 Å². The number of aromatic amines is 1. The van der Waals surface area contributed by atoms with Crippen molar-refractivity contribution in [3.63, 3.8) is 0 Å². The molecular formula is C28H34N8O3. The standard InChI is InChI=1S/C28H34N8O3/c1-3-24(37)33-11-13-34(14-12-33)27-20-8-10-35(26-19(2)6-7-22-21(26)17-29-31-22)18-23(20)36(28(39)30-27)16-15-32-9-4-5-25(32)38/h3,6-7,17H,1,4-5,8-16,18H2,2H3,(H,29,31). The zero-order valence-electron chi connectivity index (χ0n) is 22.4. The molecule has 2 aromatic heterocycles. The summed E-state index contributed by atoms with van der Waals surface area (Å²) >= 11 is 0. The Labute approximate surface area is 226 Å². The summed E-state index contributed by atoms with van der Waals surface area (Å²) in [6.45, 7) is 11.1. The molecule has 0 atom stereocenters. The minimum absolute atomic E-state index is 0.0732. The van der Waals surface area contributed by atoms with E-state index in [2.05, 4.69) is 44.6 Å². The molecule has 1 aromatic carbocycles. The zero-order valence-corrected chi connectivity index (χ0v) is 22.4. The number of anilines is 2. The van der Waals surface area contributed by atoms with Crippen LogP contribution in [0.1, 0.15) is 29.7 Å². The molecule has 0 aliphatic carbocycles. The van der Waals surface area contributed by atoms with Crippen LogP contribution in [0.25, 0.3) is 10.9 Å².